The van der Waals surface area contributed by atoms with Gasteiger partial charge in [0, 0.05) is 13.0 Å². The molecule has 1 aromatic heterocycles. The van der Waals surface area contributed by atoms with Crippen LogP contribution in [-0.2, 0) is 9.59 Å². The fourth-order valence-electron chi connectivity index (χ4n) is 3.75. The second-order valence-corrected chi connectivity index (χ2v) is 10.2. The van der Waals surface area contributed by atoms with Crippen LogP contribution >= 0.6 is 11.3 Å². The van der Waals surface area contributed by atoms with E-state index in [0.29, 0.717) is 0 Å². The summed E-state index contributed by atoms with van der Waals surface area (Å²) < 4.78 is 0. The van der Waals surface area contributed by atoms with E-state index in [1.807, 2.05) is 64.4 Å². The molecule has 0 spiro atoms. The molecule has 7 nitrogen and oxygen atoms in total. The predicted octanol–water partition coefficient (Wildman–Crippen LogP) is 2.63. The van der Waals surface area contributed by atoms with Crippen molar-refractivity contribution < 1.29 is 14.7 Å². The van der Waals surface area contributed by atoms with Gasteiger partial charge in [-0.25, -0.2) is 4.98 Å². The molecule has 2 amide bonds. The lowest BCUT2D eigenvalue weighted by atomic mass is 9.86. The number of benzene rings is 1. The highest BCUT2D eigenvalue weighted by Gasteiger charge is 2.42. The molecule has 3 rings (SSSR count). The van der Waals surface area contributed by atoms with Gasteiger partial charge in [0.05, 0.1) is 34.3 Å². The molecule has 1 aromatic carbocycles. The highest BCUT2D eigenvalue weighted by atomic mass is 32.1. The third-order valence-corrected chi connectivity index (χ3v) is 6.82. The van der Waals surface area contributed by atoms with Crippen molar-refractivity contribution in [1.82, 2.24) is 15.2 Å². The number of β-amino-alcohol motifs (C(OH)–C–C–N with tert-alkyl or cyclic N) is 1. The van der Waals surface area contributed by atoms with Crippen LogP contribution in [0.5, 0.6) is 0 Å². The number of thiazole rings is 1. The topological polar surface area (TPSA) is 109 Å². The summed E-state index contributed by atoms with van der Waals surface area (Å²) in [6.45, 7) is 9.67. The summed E-state index contributed by atoms with van der Waals surface area (Å²) in [5.41, 5.74) is 10.6. The summed E-state index contributed by atoms with van der Waals surface area (Å²) >= 11 is 1.60. The van der Waals surface area contributed by atoms with Crippen molar-refractivity contribution >= 4 is 23.2 Å². The number of nitrogens with one attached hydrogen (secondary N) is 1. The summed E-state index contributed by atoms with van der Waals surface area (Å²) in [4.78, 5) is 32.7. The number of nitrogens with zero attached hydrogens (tertiary/aromatic N) is 2. The number of aliphatic hydroxyl groups excluding tert-OH is 1. The maximum atomic E-state index is 13.0. The number of amides is 2. The number of aryl methyl sites for hydroxylation is 1. The van der Waals surface area contributed by atoms with Gasteiger partial charge in [0.25, 0.3) is 0 Å². The summed E-state index contributed by atoms with van der Waals surface area (Å²) in [5.74, 6) is -0.581. The van der Waals surface area contributed by atoms with Crippen LogP contribution in [0.3, 0.4) is 0 Å². The van der Waals surface area contributed by atoms with Gasteiger partial charge in [0.15, 0.2) is 0 Å². The lowest BCUT2D eigenvalue weighted by Crippen LogP contribution is -2.55. The predicted molar refractivity (Wildman–Crippen MR) is 122 cm³/mol. The number of carbonyl (C=O) groups excluding carboxylic acids is 2. The molecular weight excluding hydrogens is 412 g/mol. The first-order chi connectivity index (χ1) is 14.5. The average Bonchev–Trinajstić information content (AvgIpc) is 3.31. The van der Waals surface area contributed by atoms with Crippen molar-refractivity contribution in [2.45, 2.75) is 65.3 Å². The van der Waals surface area contributed by atoms with Gasteiger partial charge < -0.3 is 21.1 Å². The molecular formula is C23H32N4O3S. The fourth-order valence-corrected chi connectivity index (χ4v) is 4.56. The molecule has 2 heterocycles. The summed E-state index contributed by atoms with van der Waals surface area (Å²) in [5, 5.41) is 13.1. The maximum Gasteiger partial charge on any atom is 0.243 e. The normalized spacial score (nSPS) is 21.1. The minimum absolute atomic E-state index is 0.123. The molecule has 0 saturated carbocycles. The second-order valence-electron chi connectivity index (χ2n) is 9.36. The monoisotopic (exact) mass is 444 g/mol. The third kappa shape index (κ3) is 5.14. The Balaban J connectivity index is 1.69. The van der Waals surface area contributed by atoms with Gasteiger partial charge in [-0.05, 0) is 30.4 Å². The zero-order valence-corrected chi connectivity index (χ0v) is 19.6. The highest BCUT2D eigenvalue weighted by molar-refractivity contribution is 7.13. The Bertz CT molecular complexity index is 935. The van der Waals surface area contributed by atoms with E-state index in [4.69, 9.17) is 5.73 Å². The van der Waals surface area contributed by atoms with Crippen molar-refractivity contribution in [2.75, 3.05) is 6.54 Å². The van der Waals surface area contributed by atoms with Crippen molar-refractivity contribution in [3.05, 3.63) is 41.0 Å². The Hall–Kier alpha value is -2.29. The number of nitrogens with two attached hydrogens (primary N) is 1. The highest BCUT2D eigenvalue weighted by Crippen LogP contribution is 2.29. The van der Waals surface area contributed by atoms with Crippen molar-refractivity contribution in [3.63, 3.8) is 0 Å². The molecule has 1 fully saturated rings. The van der Waals surface area contributed by atoms with Crippen LogP contribution in [0.4, 0.5) is 0 Å². The minimum atomic E-state index is -0.742. The Morgan fingerprint density at radius 1 is 1.29 bits per heavy atom. The SMILES string of the molecule is Cc1ncsc1-c1ccc([C@H](C)NC(=O)C2CC(O)CN2C(=O)C(N)C(C)(C)C)cc1. The Morgan fingerprint density at radius 3 is 2.48 bits per heavy atom. The van der Waals surface area contributed by atoms with E-state index in [1.165, 1.54) is 4.90 Å². The molecule has 1 aliphatic rings. The Kier molecular flexibility index (Phi) is 6.83. The van der Waals surface area contributed by atoms with Crippen molar-refractivity contribution in [3.8, 4) is 10.4 Å². The van der Waals surface area contributed by atoms with E-state index in [2.05, 4.69) is 10.3 Å². The second kappa shape index (κ2) is 9.06. The average molecular weight is 445 g/mol. The molecule has 0 radical (unpaired) electrons. The summed E-state index contributed by atoms with van der Waals surface area (Å²) in [6.07, 6.45) is -0.519. The summed E-state index contributed by atoms with van der Waals surface area (Å²) in [7, 11) is 0. The number of aromatic nitrogens is 1. The first kappa shape index (κ1) is 23.4. The van der Waals surface area contributed by atoms with Gasteiger partial charge >= 0.3 is 0 Å². The van der Waals surface area contributed by atoms with Crippen LogP contribution in [-0.4, -0.2) is 51.5 Å². The number of hydrogen-bond acceptors (Lipinski definition) is 6. The standard InChI is InChI=1S/C23H32N4O3S/c1-13(15-6-8-16(9-7-15)19-14(2)25-12-31-19)26-21(29)18-10-17(28)11-27(18)22(30)20(24)23(3,4)5/h6-9,12-13,17-18,20,28H,10-11,24H2,1-5H3,(H,26,29)/t13-,17?,18?,20?/m0/s1. The van der Waals surface area contributed by atoms with Gasteiger partial charge in [-0.2, -0.15) is 0 Å². The number of hydrogen-bond donors (Lipinski definition) is 3. The van der Waals surface area contributed by atoms with E-state index in [9.17, 15) is 14.7 Å². The summed E-state index contributed by atoms with van der Waals surface area (Å²) in [6, 6.07) is 6.32. The van der Waals surface area contributed by atoms with E-state index in [-0.39, 0.29) is 30.8 Å². The molecule has 8 heteroatoms. The quantitative estimate of drug-likeness (QED) is 0.657. The zero-order valence-electron chi connectivity index (χ0n) is 18.8. The van der Waals surface area contributed by atoms with E-state index < -0.39 is 23.6 Å². The molecule has 3 unspecified atom stereocenters. The van der Waals surface area contributed by atoms with E-state index in [1.54, 1.807) is 11.3 Å². The van der Waals surface area contributed by atoms with E-state index >= 15 is 0 Å². The number of likely N-dealkylation sites (tertiary alicyclic amines) is 1. The maximum absolute atomic E-state index is 13.0. The molecule has 4 atom stereocenters. The first-order valence-corrected chi connectivity index (χ1v) is 11.4. The van der Waals surface area contributed by atoms with Crippen LogP contribution in [0.15, 0.2) is 29.8 Å². The molecule has 4 N–H and O–H groups in total. The van der Waals surface area contributed by atoms with Crippen molar-refractivity contribution in [1.29, 1.82) is 0 Å². The number of rotatable bonds is 5. The molecule has 0 aliphatic carbocycles. The molecule has 2 aromatic rings. The van der Waals surface area contributed by atoms with E-state index in [0.717, 1.165) is 21.7 Å². The fraction of sp³-hybridized carbons (Fsp3) is 0.522. The zero-order chi connectivity index (χ0) is 22.9. The molecule has 1 saturated heterocycles. The Morgan fingerprint density at radius 2 is 1.94 bits per heavy atom. The molecule has 168 valence electrons. The van der Waals surface area contributed by atoms with Crippen LogP contribution in [0.1, 0.15) is 51.4 Å². The number of carbonyl (C=O) groups is 2. The molecule has 31 heavy (non-hydrogen) atoms. The van der Waals surface area contributed by atoms with Crippen molar-refractivity contribution in [2.24, 2.45) is 11.1 Å². The number of aliphatic hydroxyl groups is 1. The van der Waals surface area contributed by atoms with Gasteiger partial charge in [-0.15, -0.1) is 11.3 Å². The first-order valence-electron chi connectivity index (χ1n) is 10.5. The van der Waals surface area contributed by atoms with Gasteiger partial charge in [-0.3, -0.25) is 9.59 Å². The lowest BCUT2D eigenvalue weighted by Gasteiger charge is -2.32. The van der Waals surface area contributed by atoms with Crippen LogP contribution in [0.25, 0.3) is 10.4 Å². The van der Waals surface area contributed by atoms with Gasteiger partial charge in [-0.1, -0.05) is 45.0 Å². The smallest absolute Gasteiger partial charge is 0.243 e. The van der Waals surface area contributed by atoms with Crippen LogP contribution in [0.2, 0.25) is 0 Å². The van der Waals surface area contributed by atoms with Gasteiger partial charge in [0.2, 0.25) is 11.8 Å². The Labute approximate surface area is 187 Å². The minimum Gasteiger partial charge on any atom is -0.391 e. The van der Waals surface area contributed by atoms with Crippen LogP contribution in [0, 0.1) is 12.3 Å². The van der Waals surface area contributed by atoms with Crippen LogP contribution < -0.4 is 11.1 Å². The molecule has 1 aliphatic heterocycles. The lowest BCUT2D eigenvalue weighted by molar-refractivity contribution is -0.141. The largest absolute Gasteiger partial charge is 0.391 e. The van der Waals surface area contributed by atoms with Gasteiger partial charge in [0.1, 0.15) is 6.04 Å². The molecule has 0 bridgehead atoms. The third-order valence-electron chi connectivity index (χ3n) is 5.84.